The predicted molar refractivity (Wildman–Crippen MR) is 102 cm³/mol. The summed E-state index contributed by atoms with van der Waals surface area (Å²) in [6.07, 6.45) is 1.15. The molecule has 5 nitrogen and oxygen atoms in total. The molecule has 2 rings (SSSR count). The second-order valence-corrected chi connectivity index (χ2v) is 6.36. The Labute approximate surface area is 154 Å². The van der Waals surface area contributed by atoms with Gasteiger partial charge in [0.15, 0.2) is 0 Å². The Morgan fingerprint density at radius 1 is 1.08 bits per heavy atom. The Morgan fingerprint density at radius 2 is 1.69 bits per heavy atom. The van der Waals surface area contributed by atoms with E-state index in [4.69, 9.17) is 9.84 Å². The lowest BCUT2D eigenvalue weighted by atomic mass is 9.95. The van der Waals surface area contributed by atoms with Gasteiger partial charge in [0.1, 0.15) is 5.75 Å². The molecule has 0 aliphatic rings. The number of ether oxygens (including phenoxy) is 1. The second-order valence-electron chi connectivity index (χ2n) is 6.36. The van der Waals surface area contributed by atoms with Gasteiger partial charge in [-0.25, -0.2) is 0 Å². The fourth-order valence-corrected chi connectivity index (χ4v) is 2.80. The minimum absolute atomic E-state index is 0.0654. The third-order valence-electron chi connectivity index (χ3n) is 4.43. The molecule has 0 aliphatic carbocycles. The summed E-state index contributed by atoms with van der Waals surface area (Å²) in [5.74, 6) is -0.797. The number of nitrogens with one attached hydrogen (secondary N) is 1. The maximum Gasteiger partial charge on any atom is 0.306 e. The molecule has 5 heteroatoms. The van der Waals surface area contributed by atoms with Crippen molar-refractivity contribution in [1.82, 2.24) is 0 Å². The maximum atomic E-state index is 12.6. The van der Waals surface area contributed by atoms with Gasteiger partial charge in [-0.2, -0.15) is 0 Å². The van der Waals surface area contributed by atoms with E-state index in [9.17, 15) is 9.59 Å². The van der Waals surface area contributed by atoms with Crippen LogP contribution in [0.3, 0.4) is 0 Å². The molecular weight excluding hydrogens is 330 g/mol. The molecule has 0 aliphatic heterocycles. The summed E-state index contributed by atoms with van der Waals surface area (Å²) in [5, 5.41) is 11.9. The molecule has 138 valence electrons. The van der Waals surface area contributed by atoms with Crippen LogP contribution >= 0.6 is 0 Å². The standard InChI is InChI=1S/C21H25NO4/c1-4-19(16-7-11-18(26-3)12-8-16)20(23)22-17-9-5-15(6-10-17)13-14(2)21(24)25/h5-12,14,19H,4,13H2,1-3H3,(H,22,23)(H,24,25). The van der Waals surface area contributed by atoms with Crippen LogP contribution in [0.15, 0.2) is 48.5 Å². The number of anilines is 1. The van der Waals surface area contributed by atoms with Crippen LogP contribution < -0.4 is 10.1 Å². The molecule has 0 heterocycles. The molecule has 0 saturated carbocycles. The number of carbonyl (C=O) groups excluding carboxylic acids is 1. The van der Waals surface area contributed by atoms with Gasteiger partial charge in [-0.15, -0.1) is 0 Å². The zero-order valence-electron chi connectivity index (χ0n) is 15.4. The SMILES string of the molecule is CCC(C(=O)Nc1ccc(CC(C)C(=O)O)cc1)c1ccc(OC)cc1. The first-order valence-corrected chi connectivity index (χ1v) is 8.71. The van der Waals surface area contributed by atoms with Gasteiger partial charge in [-0.3, -0.25) is 9.59 Å². The number of methoxy groups -OCH3 is 1. The van der Waals surface area contributed by atoms with Gasteiger partial charge < -0.3 is 15.2 Å². The van der Waals surface area contributed by atoms with Crippen LogP contribution in [0.25, 0.3) is 0 Å². The molecule has 0 aromatic heterocycles. The van der Waals surface area contributed by atoms with Gasteiger partial charge in [0.05, 0.1) is 18.9 Å². The number of amides is 1. The topological polar surface area (TPSA) is 75.6 Å². The number of hydrogen-bond acceptors (Lipinski definition) is 3. The zero-order valence-corrected chi connectivity index (χ0v) is 15.4. The molecule has 0 saturated heterocycles. The highest BCUT2D eigenvalue weighted by atomic mass is 16.5. The Kier molecular flexibility index (Phi) is 6.78. The Bertz CT molecular complexity index is 738. The van der Waals surface area contributed by atoms with E-state index < -0.39 is 11.9 Å². The predicted octanol–water partition coefficient (Wildman–Crippen LogP) is 4.09. The fourth-order valence-electron chi connectivity index (χ4n) is 2.80. The number of carboxylic acids is 1. The molecule has 2 unspecified atom stereocenters. The van der Waals surface area contributed by atoms with Crippen LogP contribution in [-0.4, -0.2) is 24.1 Å². The summed E-state index contributed by atoms with van der Waals surface area (Å²) in [6, 6.07) is 14.8. The first kappa shape index (κ1) is 19.5. The van der Waals surface area contributed by atoms with Crippen molar-refractivity contribution in [2.75, 3.05) is 12.4 Å². The summed E-state index contributed by atoms with van der Waals surface area (Å²) in [6.45, 7) is 3.66. The van der Waals surface area contributed by atoms with E-state index in [0.717, 1.165) is 16.9 Å². The maximum absolute atomic E-state index is 12.6. The molecule has 26 heavy (non-hydrogen) atoms. The number of aliphatic carboxylic acids is 1. The average Bonchev–Trinajstić information content (AvgIpc) is 2.64. The van der Waals surface area contributed by atoms with Gasteiger partial charge in [-0.1, -0.05) is 38.1 Å². The summed E-state index contributed by atoms with van der Waals surface area (Å²) >= 11 is 0. The van der Waals surface area contributed by atoms with Crippen LogP contribution in [0, 0.1) is 5.92 Å². The monoisotopic (exact) mass is 355 g/mol. The molecule has 0 bridgehead atoms. The zero-order chi connectivity index (χ0) is 19.1. The Hall–Kier alpha value is -2.82. The molecule has 2 atom stereocenters. The van der Waals surface area contributed by atoms with Gasteiger partial charge in [0.2, 0.25) is 5.91 Å². The summed E-state index contributed by atoms with van der Waals surface area (Å²) in [5.41, 5.74) is 2.58. The minimum Gasteiger partial charge on any atom is -0.497 e. The molecule has 1 amide bonds. The molecule has 0 fully saturated rings. The highest BCUT2D eigenvalue weighted by molar-refractivity contribution is 5.95. The lowest BCUT2D eigenvalue weighted by molar-refractivity contribution is -0.141. The van der Waals surface area contributed by atoms with E-state index in [2.05, 4.69) is 5.32 Å². The second kappa shape index (κ2) is 9.04. The molecule has 2 N–H and O–H groups in total. The van der Waals surface area contributed by atoms with Crippen molar-refractivity contribution in [2.24, 2.45) is 5.92 Å². The first-order valence-electron chi connectivity index (χ1n) is 8.71. The van der Waals surface area contributed by atoms with Crippen LogP contribution in [0.2, 0.25) is 0 Å². The third kappa shape index (κ3) is 5.09. The van der Waals surface area contributed by atoms with Gasteiger partial charge in [0.25, 0.3) is 0 Å². The van der Waals surface area contributed by atoms with Crippen molar-refractivity contribution < 1.29 is 19.4 Å². The van der Waals surface area contributed by atoms with E-state index in [1.807, 2.05) is 55.5 Å². The Morgan fingerprint density at radius 3 is 2.19 bits per heavy atom. The van der Waals surface area contributed by atoms with E-state index in [0.29, 0.717) is 18.5 Å². The van der Waals surface area contributed by atoms with Crippen molar-refractivity contribution in [3.8, 4) is 5.75 Å². The number of benzene rings is 2. The van der Waals surface area contributed by atoms with Crippen molar-refractivity contribution >= 4 is 17.6 Å². The largest absolute Gasteiger partial charge is 0.497 e. The smallest absolute Gasteiger partial charge is 0.306 e. The van der Waals surface area contributed by atoms with Crippen LogP contribution in [0.1, 0.15) is 37.3 Å². The van der Waals surface area contributed by atoms with Crippen molar-refractivity contribution in [3.63, 3.8) is 0 Å². The first-order chi connectivity index (χ1) is 12.4. The number of hydrogen-bond donors (Lipinski definition) is 2. The quantitative estimate of drug-likeness (QED) is 0.748. The number of carboxylic acid groups (broad SMARTS) is 1. The summed E-state index contributed by atoms with van der Waals surface area (Å²) in [7, 11) is 1.61. The fraction of sp³-hybridized carbons (Fsp3) is 0.333. The van der Waals surface area contributed by atoms with Crippen LogP contribution in [0.4, 0.5) is 5.69 Å². The van der Waals surface area contributed by atoms with E-state index in [-0.39, 0.29) is 11.8 Å². The lowest BCUT2D eigenvalue weighted by Crippen LogP contribution is -2.20. The van der Waals surface area contributed by atoms with E-state index in [1.54, 1.807) is 14.0 Å². The van der Waals surface area contributed by atoms with Gasteiger partial charge in [0, 0.05) is 5.69 Å². The van der Waals surface area contributed by atoms with E-state index >= 15 is 0 Å². The summed E-state index contributed by atoms with van der Waals surface area (Å²) < 4.78 is 5.15. The molecule has 2 aromatic carbocycles. The highest BCUT2D eigenvalue weighted by Crippen LogP contribution is 2.24. The number of carbonyl (C=O) groups is 2. The minimum atomic E-state index is -0.812. The normalized spacial score (nSPS) is 12.9. The molecule has 0 spiro atoms. The summed E-state index contributed by atoms with van der Waals surface area (Å²) in [4.78, 5) is 23.6. The van der Waals surface area contributed by atoms with Gasteiger partial charge >= 0.3 is 5.97 Å². The average molecular weight is 355 g/mol. The van der Waals surface area contributed by atoms with Crippen molar-refractivity contribution in [1.29, 1.82) is 0 Å². The molecular formula is C21H25NO4. The lowest BCUT2D eigenvalue weighted by Gasteiger charge is -2.16. The Balaban J connectivity index is 2.03. The van der Waals surface area contributed by atoms with E-state index in [1.165, 1.54) is 0 Å². The van der Waals surface area contributed by atoms with Gasteiger partial charge in [-0.05, 0) is 48.2 Å². The van der Waals surface area contributed by atoms with Crippen molar-refractivity contribution in [2.45, 2.75) is 32.6 Å². The van der Waals surface area contributed by atoms with Crippen LogP contribution in [-0.2, 0) is 16.0 Å². The molecule has 2 aromatic rings. The number of rotatable bonds is 8. The van der Waals surface area contributed by atoms with Crippen LogP contribution in [0.5, 0.6) is 5.75 Å². The highest BCUT2D eigenvalue weighted by Gasteiger charge is 2.19. The third-order valence-corrected chi connectivity index (χ3v) is 4.43. The molecule has 0 radical (unpaired) electrons. The van der Waals surface area contributed by atoms with Crippen molar-refractivity contribution in [3.05, 3.63) is 59.7 Å².